The highest BCUT2D eigenvalue weighted by Crippen LogP contribution is 2.07. The third kappa shape index (κ3) is 2.37. The molecule has 0 aromatic heterocycles. The van der Waals surface area contributed by atoms with E-state index in [0.29, 0.717) is 0 Å². The Balaban J connectivity index is 3.05. The first-order valence-corrected chi connectivity index (χ1v) is 3.67. The molecule has 1 aliphatic rings. The lowest BCUT2D eigenvalue weighted by Gasteiger charge is -1.92. The molecule has 0 heterocycles. The Kier molecular flexibility index (Phi) is 2.90. The number of nitrogens with zero attached hydrogens (tertiary/aromatic N) is 2. The predicted molar refractivity (Wildman–Crippen MR) is 48.4 cm³/mol. The molecular weight excluding hydrogens is 188 g/mol. The van der Waals surface area contributed by atoms with Crippen LogP contribution < -0.4 is 0 Å². The van der Waals surface area contributed by atoms with E-state index in [1.807, 2.05) is 0 Å². The summed E-state index contributed by atoms with van der Waals surface area (Å²) in [5.74, 6) is 0. The van der Waals surface area contributed by atoms with Crippen molar-refractivity contribution in [1.29, 1.82) is 0 Å². The summed E-state index contributed by atoms with van der Waals surface area (Å²) in [5.41, 5.74) is -0.373. The van der Waals surface area contributed by atoms with E-state index in [9.17, 15) is 20.2 Å². The quantitative estimate of drug-likeness (QED) is 0.491. The number of allylic oxidation sites excluding steroid dienone is 6. The molecule has 72 valence electrons. The number of hydrogen-bond donors (Lipinski definition) is 0. The summed E-state index contributed by atoms with van der Waals surface area (Å²) in [6.45, 7) is 0. The Bertz CT molecular complexity index is 352. The smallest absolute Gasteiger partial charge is 0.258 e. The van der Waals surface area contributed by atoms with Crippen LogP contribution in [0.3, 0.4) is 0 Å². The number of hydrogen-bond acceptors (Lipinski definition) is 4. The van der Waals surface area contributed by atoms with Gasteiger partial charge in [-0.05, 0) is 0 Å². The largest absolute Gasteiger partial charge is 0.269 e. The SMILES string of the molecule is O=[N+]([O-])C1=C/C=C([N+](=O)[O-])\C=C/C=C\1. The molecule has 0 N–H and O–H groups in total. The van der Waals surface area contributed by atoms with Gasteiger partial charge < -0.3 is 0 Å². The van der Waals surface area contributed by atoms with Crippen molar-refractivity contribution in [2.24, 2.45) is 0 Å². The molecule has 0 fully saturated rings. The Morgan fingerprint density at radius 2 is 1.21 bits per heavy atom. The van der Waals surface area contributed by atoms with E-state index in [2.05, 4.69) is 0 Å². The average molecular weight is 194 g/mol. The zero-order valence-corrected chi connectivity index (χ0v) is 6.99. The van der Waals surface area contributed by atoms with E-state index < -0.39 is 9.85 Å². The second-order valence-electron chi connectivity index (χ2n) is 2.42. The number of nitro groups is 2. The molecule has 0 saturated carbocycles. The van der Waals surface area contributed by atoms with Crippen LogP contribution in [0.25, 0.3) is 0 Å². The van der Waals surface area contributed by atoms with Gasteiger partial charge in [0.1, 0.15) is 0 Å². The van der Waals surface area contributed by atoms with Crippen molar-refractivity contribution in [2.45, 2.75) is 0 Å². The van der Waals surface area contributed by atoms with Gasteiger partial charge in [0.2, 0.25) is 0 Å². The topological polar surface area (TPSA) is 86.3 Å². The van der Waals surface area contributed by atoms with Crippen LogP contribution in [-0.2, 0) is 0 Å². The van der Waals surface area contributed by atoms with Gasteiger partial charge in [0.05, 0.1) is 9.85 Å². The first kappa shape index (κ1) is 9.85. The van der Waals surface area contributed by atoms with E-state index in [0.717, 1.165) is 12.2 Å². The van der Waals surface area contributed by atoms with E-state index in [4.69, 9.17) is 0 Å². The summed E-state index contributed by atoms with van der Waals surface area (Å²) < 4.78 is 0. The van der Waals surface area contributed by atoms with Crippen molar-refractivity contribution < 1.29 is 9.85 Å². The Morgan fingerprint density at radius 3 is 1.50 bits per heavy atom. The molecule has 0 aliphatic heterocycles. The molecule has 0 saturated heterocycles. The predicted octanol–water partition coefficient (Wildman–Crippen LogP) is 1.43. The molecule has 0 radical (unpaired) electrons. The van der Waals surface area contributed by atoms with Crippen molar-refractivity contribution in [3.63, 3.8) is 0 Å². The zero-order chi connectivity index (χ0) is 10.6. The van der Waals surface area contributed by atoms with Crippen molar-refractivity contribution in [3.05, 3.63) is 68.1 Å². The van der Waals surface area contributed by atoms with Crippen LogP contribution in [0.1, 0.15) is 0 Å². The molecule has 1 rings (SSSR count). The summed E-state index contributed by atoms with van der Waals surface area (Å²) in [6.07, 6.45) is 7.49. The Morgan fingerprint density at radius 1 is 0.857 bits per heavy atom. The molecule has 6 nitrogen and oxygen atoms in total. The van der Waals surface area contributed by atoms with Gasteiger partial charge >= 0.3 is 0 Å². The van der Waals surface area contributed by atoms with Crippen LogP contribution in [0.5, 0.6) is 0 Å². The maximum atomic E-state index is 10.4. The van der Waals surface area contributed by atoms with Gasteiger partial charge in [-0.1, -0.05) is 12.2 Å². The average Bonchev–Trinajstić information content (AvgIpc) is 2.01. The summed E-state index contributed by atoms with van der Waals surface area (Å²) in [7, 11) is 0. The van der Waals surface area contributed by atoms with E-state index >= 15 is 0 Å². The highest BCUT2D eigenvalue weighted by Gasteiger charge is 2.09. The third-order valence-electron chi connectivity index (χ3n) is 1.49. The monoisotopic (exact) mass is 194 g/mol. The van der Waals surface area contributed by atoms with Gasteiger partial charge in [0.25, 0.3) is 11.4 Å². The van der Waals surface area contributed by atoms with Crippen LogP contribution in [0, 0.1) is 20.2 Å². The van der Waals surface area contributed by atoms with E-state index in [1.54, 1.807) is 0 Å². The standard InChI is InChI=1S/C8H6N2O4/c11-9(12)7-3-1-2-4-8(6-5-7)10(13)14/h1-6H/b2-1?,3-1-,4-2-,6-5?,7-3?,7-5+,8-4?,8-6+. The zero-order valence-electron chi connectivity index (χ0n) is 6.99. The molecule has 0 aromatic rings. The molecule has 0 atom stereocenters. The molecule has 6 heteroatoms. The van der Waals surface area contributed by atoms with Gasteiger partial charge in [-0.15, -0.1) is 0 Å². The first-order chi connectivity index (χ1) is 6.61. The van der Waals surface area contributed by atoms with Crippen molar-refractivity contribution in [1.82, 2.24) is 0 Å². The summed E-state index contributed by atoms with van der Waals surface area (Å²) in [5, 5.41) is 20.7. The normalized spacial score (nSPS) is 27.1. The van der Waals surface area contributed by atoms with Crippen LogP contribution in [-0.4, -0.2) is 9.85 Å². The lowest BCUT2D eigenvalue weighted by Crippen LogP contribution is -1.98. The van der Waals surface area contributed by atoms with Crippen LogP contribution in [0.15, 0.2) is 47.9 Å². The van der Waals surface area contributed by atoms with E-state index in [1.165, 1.54) is 24.3 Å². The Labute approximate surface area is 78.8 Å². The summed E-state index contributed by atoms with van der Waals surface area (Å²) >= 11 is 0. The fourth-order valence-electron chi connectivity index (χ4n) is 0.834. The second-order valence-corrected chi connectivity index (χ2v) is 2.42. The fraction of sp³-hybridized carbons (Fsp3) is 0. The highest BCUT2D eigenvalue weighted by molar-refractivity contribution is 5.29. The van der Waals surface area contributed by atoms with E-state index in [-0.39, 0.29) is 11.4 Å². The molecular formula is C8H6N2O4. The molecule has 0 amide bonds. The lowest BCUT2D eigenvalue weighted by molar-refractivity contribution is -0.421. The van der Waals surface area contributed by atoms with Crippen LogP contribution in [0.4, 0.5) is 0 Å². The lowest BCUT2D eigenvalue weighted by atomic mass is 10.2. The van der Waals surface area contributed by atoms with Crippen molar-refractivity contribution in [2.75, 3.05) is 0 Å². The van der Waals surface area contributed by atoms with Gasteiger partial charge in [0, 0.05) is 24.3 Å². The molecule has 0 aromatic carbocycles. The minimum atomic E-state index is -0.607. The fourth-order valence-corrected chi connectivity index (χ4v) is 0.834. The number of rotatable bonds is 2. The first-order valence-electron chi connectivity index (χ1n) is 3.67. The maximum Gasteiger partial charge on any atom is 0.269 e. The van der Waals surface area contributed by atoms with Gasteiger partial charge in [-0.3, -0.25) is 20.2 Å². The molecule has 0 spiro atoms. The van der Waals surface area contributed by atoms with Gasteiger partial charge in [0.15, 0.2) is 0 Å². The summed E-state index contributed by atoms with van der Waals surface area (Å²) in [6, 6.07) is 0. The molecule has 0 unspecified atom stereocenters. The minimum absolute atomic E-state index is 0.186. The van der Waals surface area contributed by atoms with Crippen LogP contribution >= 0.6 is 0 Å². The third-order valence-corrected chi connectivity index (χ3v) is 1.49. The maximum absolute atomic E-state index is 10.4. The molecule has 0 bridgehead atoms. The van der Waals surface area contributed by atoms with Crippen molar-refractivity contribution >= 4 is 0 Å². The highest BCUT2D eigenvalue weighted by atomic mass is 16.6. The van der Waals surface area contributed by atoms with Crippen molar-refractivity contribution in [3.8, 4) is 0 Å². The molecule has 1 aliphatic carbocycles. The second kappa shape index (κ2) is 4.13. The minimum Gasteiger partial charge on any atom is -0.258 e. The van der Waals surface area contributed by atoms with Gasteiger partial charge in [-0.25, -0.2) is 0 Å². The summed E-state index contributed by atoms with van der Waals surface area (Å²) in [4.78, 5) is 19.5. The Hall–Kier alpha value is -2.24. The van der Waals surface area contributed by atoms with Gasteiger partial charge in [-0.2, -0.15) is 0 Å². The molecule has 14 heavy (non-hydrogen) atoms. The van der Waals surface area contributed by atoms with Crippen LogP contribution in [0.2, 0.25) is 0 Å².